The molecule has 3 fully saturated rings. The number of hydrogen-bond acceptors (Lipinski definition) is 6. The molecule has 12 heteroatoms. The summed E-state index contributed by atoms with van der Waals surface area (Å²) in [4.78, 5) is 0. The van der Waals surface area contributed by atoms with Gasteiger partial charge >= 0.3 is 21.5 Å². The summed E-state index contributed by atoms with van der Waals surface area (Å²) in [6.07, 6.45) is 11.6. The van der Waals surface area contributed by atoms with E-state index in [0.29, 0.717) is 18.1 Å². The third-order valence-electron chi connectivity index (χ3n) is 11.0. The first-order chi connectivity index (χ1) is 24.6. The lowest BCUT2D eigenvalue weighted by atomic mass is 9.75. The lowest BCUT2D eigenvalue weighted by Gasteiger charge is -2.32. The van der Waals surface area contributed by atoms with Gasteiger partial charge in [-0.1, -0.05) is 88.4 Å². The Balaban J connectivity index is 1.42. The topological polar surface area (TPSA) is 74.2 Å². The highest BCUT2D eigenvalue weighted by molar-refractivity contribution is 7.87. The van der Waals surface area contributed by atoms with Crippen LogP contribution >= 0.6 is 0 Å². The van der Waals surface area contributed by atoms with Crippen LogP contribution in [0.25, 0.3) is 0 Å². The molecule has 3 aliphatic rings. The molecular weight excluding hydrogens is 701 g/mol. The number of ether oxygens (including phenoxy) is 2. The molecule has 0 radical (unpaired) electrons. The summed E-state index contributed by atoms with van der Waals surface area (Å²) in [7, 11) is -6.00. The Hall–Kier alpha value is -2.89. The molecule has 0 spiro atoms. The second-order valence-electron chi connectivity index (χ2n) is 15.6. The highest BCUT2D eigenvalue weighted by atomic mass is 32.2. The minimum absolute atomic E-state index is 0.0876. The summed E-state index contributed by atoms with van der Waals surface area (Å²) >= 11 is 0. The summed E-state index contributed by atoms with van der Waals surface area (Å²) < 4.78 is 115. The molecule has 5 rings (SSSR count). The SMILES string of the molecule is CCCC(C)(C)Oc1ccc(/C(=N/OS(=O)(=O)C(F)(F)COc2c(C3CCCCC3)cc(C3CCCCC3)cc2C2CCCCC2)C(F)(F)F)cc1. The van der Waals surface area contributed by atoms with E-state index in [2.05, 4.69) is 21.6 Å². The van der Waals surface area contributed by atoms with Gasteiger partial charge in [-0.05, 0) is 118 Å². The zero-order chi connectivity index (χ0) is 37.6. The largest absolute Gasteiger partial charge is 0.488 e. The average Bonchev–Trinajstić information content (AvgIpc) is 3.11. The van der Waals surface area contributed by atoms with Crippen molar-refractivity contribution in [2.24, 2.45) is 5.16 Å². The standard InChI is InChI=1S/C40H54F5NO5S/c1-4-24-38(2,3)50-33-22-20-31(21-23-33)37(40(43,44)45)46-51-52(47,48)39(41,42)27-49-36-34(29-16-10-6-11-17-29)25-32(28-14-8-5-9-15-28)26-35(36)30-18-12-7-13-19-30/h20-23,25-26,28-30H,4-19,24,27H2,1-3H3/b46-37-. The number of rotatable bonds is 14. The number of hydrogen-bond donors (Lipinski definition) is 0. The van der Waals surface area contributed by atoms with Crippen LogP contribution in [0.15, 0.2) is 41.6 Å². The van der Waals surface area contributed by atoms with Crippen LogP contribution in [-0.4, -0.2) is 37.8 Å². The van der Waals surface area contributed by atoms with Crippen LogP contribution in [0.5, 0.6) is 11.5 Å². The van der Waals surface area contributed by atoms with Gasteiger partial charge in [0.2, 0.25) is 0 Å². The van der Waals surface area contributed by atoms with E-state index < -0.39 is 45.0 Å². The maximum absolute atomic E-state index is 15.6. The van der Waals surface area contributed by atoms with Gasteiger partial charge in [0.25, 0.3) is 0 Å². The predicted molar refractivity (Wildman–Crippen MR) is 193 cm³/mol. The lowest BCUT2D eigenvalue weighted by Crippen LogP contribution is -2.37. The Bertz CT molecular complexity index is 1570. The average molecular weight is 756 g/mol. The van der Waals surface area contributed by atoms with Crippen molar-refractivity contribution in [3.63, 3.8) is 0 Å². The second-order valence-corrected chi connectivity index (χ2v) is 17.2. The lowest BCUT2D eigenvalue weighted by molar-refractivity contribution is -0.0600. The smallest absolute Gasteiger partial charge is 0.437 e. The highest BCUT2D eigenvalue weighted by Crippen LogP contribution is 2.48. The Morgan fingerprint density at radius 3 is 1.69 bits per heavy atom. The summed E-state index contributed by atoms with van der Waals surface area (Å²) in [6.45, 7) is 4.04. The second kappa shape index (κ2) is 17.1. The van der Waals surface area contributed by atoms with Gasteiger partial charge in [-0.15, -0.1) is 0 Å². The fraction of sp³-hybridized carbons (Fsp3) is 0.675. The van der Waals surface area contributed by atoms with E-state index in [-0.39, 0.29) is 17.6 Å². The maximum atomic E-state index is 15.6. The first-order valence-electron chi connectivity index (χ1n) is 19.2. The Morgan fingerprint density at radius 2 is 1.23 bits per heavy atom. The van der Waals surface area contributed by atoms with Crippen LogP contribution in [0, 0.1) is 0 Å². The fourth-order valence-electron chi connectivity index (χ4n) is 8.26. The predicted octanol–water partition coefficient (Wildman–Crippen LogP) is 12.1. The molecule has 3 saturated carbocycles. The minimum atomic E-state index is -6.00. The van der Waals surface area contributed by atoms with Gasteiger partial charge in [-0.25, -0.2) is 0 Å². The molecule has 6 nitrogen and oxygen atoms in total. The van der Waals surface area contributed by atoms with E-state index in [1.165, 1.54) is 24.1 Å². The van der Waals surface area contributed by atoms with Gasteiger partial charge in [0.15, 0.2) is 12.3 Å². The molecule has 0 aliphatic heterocycles. The van der Waals surface area contributed by atoms with Crippen molar-refractivity contribution in [3.05, 3.63) is 58.7 Å². The zero-order valence-electron chi connectivity index (χ0n) is 30.7. The molecule has 0 N–H and O–H groups in total. The van der Waals surface area contributed by atoms with Gasteiger partial charge in [-0.2, -0.15) is 30.4 Å². The molecule has 0 unspecified atom stereocenters. The quantitative estimate of drug-likeness (QED) is 0.109. The van der Waals surface area contributed by atoms with Gasteiger partial charge in [0.1, 0.15) is 17.1 Å². The maximum Gasteiger partial charge on any atom is 0.437 e. The molecule has 0 heterocycles. The van der Waals surface area contributed by atoms with Crippen LogP contribution in [0.4, 0.5) is 22.0 Å². The molecule has 3 aliphatic carbocycles. The van der Waals surface area contributed by atoms with E-state index in [0.717, 1.165) is 120 Å². The van der Waals surface area contributed by atoms with Crippen LogP contribution in [0.1, 0.15) is 170 Å². The van der Waals surface area contributed by atoms with E-state index >= 15 is 8.78 Å². The summed E-state index contributed by atoms with van der Waals surface area (Å²) in [5.74, 6) is 1.14. The normalized spacial score (nSPS) is 19.4. The van der Waals surface area contributed by atoms with Crippen molar-refractivity contribution >= 4 is 15.8 Å². The molecule has 0 saturated heterocycles. The van der Waals surface area contributed by atoms with Crippen LogP contribution in [0.3, 0.4) is 0 Å². The fourth-order valence-corrected chi connectivity index (χ4v) is 8.75. The Kier molecular flexibility index (Phi) is 13.2. The first kappa shape index (κ1) is 40.3. The summed E-state index contributed by atoms with van der Waals surface area (Å²) in [6, 6.07) is 8.82. The Morgan fingerprint density at radius 1 is 0.750 bits per heavy atom. The van der Waals surface area contributed by atoms with Gasteiger partial charge in [0.05, 0.1) is 0 Å². The number of halogens is 5. The van der Waals surface area contributed by atoms with E-state index in [9.17, 15) is 21.6 Å². The minimum Gasteiger partial charge on any atom is -0.488 e. The number of nitrogens with zero attached hydrogens (tertiary/aromatic N) is 1. The highest BCUT2D eigenvalue weighted by Gasteiger charge is 2.50. The van der Waals surface area contributed by atoms with Gasteiger partial charge in [0, 0.05) is 5.56 Å². The molecule has 0 bridgehead atoms. The molecule has 2 aromatic carbocycles. The molecule has 2 aromatic rings. The molecular formula is C40H54F5NO5S. The molecule has 0 amide bonds. The van der Waals surface area contributed by atoms with Gasteiger partial charge in [-0.3, -0.25) is 4.28 Å². The van der Waals surface area contributed by atoms with Crippen LogP contribution in [0.2, 0.25) is 0 Å². The first-order valence-corrected chi connectivity index (χ1v) is 20.6. The third kappa shape index (κ3) is 10.2. The summed E-state index contributed by atoms with van der Waals surface area (Å²) in [5, 5.41) is -1.94. The van der Waals surface area contributed by atoms with Crippen LogP contribution < -0.4 is 9.47 Å². The van der Waals surface area contributed by atoms with E-state index in [1.807, 2.05) is 20.8 Å². The molecule has 290 valence electrons. The van der Waals surface area contributed by atoms with Crippen molar-refractivity contribution in [2.75, 3.05) is 6.61 Å². The van der Waals surface area contributed by atoms with Crippen molar-refractivity contribution in [1.29, 1.82) is 0 Å². The van der Waals surface area contributed by atoms with Crippen molar-refractivity contribution in [2.45, 2.75) is 165 Å². The molecule has 0 atom stereocenters. The molecule has 52 heavy (non-hydrogen) atoms. The monoisotopic (exact) mass is 755 g/mol. The summed E-state index contributed by atoms with van der Waals surface area (Å²) in [5.41, 5.74) is -0.0249. The Labute approximate surface area is 306 Å². The zero-order valence-corrected chi connectivity index (χ0v) is 31.5. The number of alkyl halides is 5. The molecule has 0 aromatic heterocycles. The van der Waals surface area contributed by atoms with Crippen molar-refractivity contribution < 1.29 is 44.1 Å². The van der Waals surface area contributed by atoms with E-state index in [4.69, 9.17) is 9.47 Å². The third-order valence-corrected chi connectivity index (χ3v) is 12.1. The van der Waals surface area contributed by atoms with Crippen molar-refractivity contribution in [3.8, 4) is 11.5 Å². The number of benzene rings is 2. The van der Waals surface area contributed by atoms with Crippen molar-refractivity contribution in [1.82, 2.24) is 0 Å². The van der Waals surface area contributed by atoms with E-state index in [1.54, 1.807) is 0 Å². The van der Waals surface area contributed by atoms with Crippen LogP contribution in [-0.2, 0) is 14.4 Å². The van der Waals surface area contributed by atoms with Gasteiger partial charge < -0.3 is 9.47 Å². The number of oxime groups is 1.